The highest BCUT2D eigenvalue weighted by atomic mass is 16.7. The Morgan fingerprint density at radius 2 is 1.75 bits per heavy atom. The standard InChI is InChI=1S/C20H21N3O5/c24-16-4-2-1-3-15(16)21-19(25)20(26)23-9-7-22(8-10-23)12-14-5-6-17-18(11-14)28-13-27-17/h1-6,11,24H,7-10,12-13H2,(H,21,25). The lowest BCUT2D eigenvalue weighted by atomic mass is 10.1. The lowest BCUT2D eigenvalue weighted by molar-refractivity contribution is -0.144. The Balaban J connectivity index is 1.29. The number of para-hydroxylation sites is 2. The van der Waals surface area contributed by atoms with Gasteiger partial charge in [0.15, 0.2) is 11.5 Å². The molecular weight excluding hydrogens is 362 g/mol. The molecule has 1 fully saturated rings. The maximum absolute atomic E-state index is 12.4. The van der Waals surface area contributed by atoms with Crippen LogP contribution < -0.4 is 14.8 Å². The van der Waals surface area contributed by atoms with Crippen LogP contribution in [0.1, 0.15) is 5.56 Å². The van der Waals surface area contributed by atoms with E-state index in [1.165, 1.54) is 11.0 Å². The van der Waals surface area contributed by atoms with Crippen LogP contribution in [0.2, 0.25) is 0 Å². The molecule has 0 aromatic heterocycles. The molecule has 0 spiro atoms. The summed E-state index contributed by atoms with van der Waals surface area (Å²) in [5.74, 6) is 0.107. The summed E-state index contributed by atoms with van der Waals surface area (Å²) < 4.78 is 10.7. The Hall–Kier alpha value is -3.26. The fraction of sp³-hybridized carbons (Fsp3) is 0.300. The third-order valence-electron chi connectivity index (χ3n) is 4.85. The lowest BCUT2D eigenvalue weighted by Crippen LogP contribution is -2.51. The van der Waals surface area contributed by atoms with Crippen molar-refractivity contribution in [3.63, 3.8) is 0 Å². The van der Waals surface area contributed by atoms with Crippen LogP contribution in [0.25, 0.3) is 0 Å². The van der Waals surface area contributed by atoms with Crippen molar-refractivity contribution >= 4 is 17.5 Å². The van der Waals surface area contributed by atoms with Gasteiger partial charge in [-0.25, -0.2) is 0 Å². The second-order valence-corrected chi connectivity index (χ2v) is 6.73. The number of nitrogens with zero attached hydrogens (tertiary/aromatic N) is 2. The monoisotopic (exact) mass is 383 g/mol. The highest BCUT2D eigenvalue weighted by molar-refractivity contribution is 6.39. The van der Waals surface area contributed by atoms with Gasteiger partial charge in [-0.2, -0.15) is 0 Å². The molecular formula is C20H21N3O5. The van der Waals surface area contributed by atoms with Crippen LogP contribution >= 0.6 is 0 Å². The minimum atomic E-state index is -0.745. The topological polar surface area (TPSA) is 91.3 Å². The summed E-state index contributed by atoms with van der Waals surface area (Å²) in [5, 5.41) is 12.2. The van der Waals surface area contributed by atoms with Gasteiger partial charge in [-0.3, -0.25) is 14.5 Å². The number of phenolic OH excluding ortho intramolecular Hbond substituents is 1. The molecule has 2 amide bonds. The predicted molar refractivity (Wildman–Crippen MR) is 101 cm³/mol. The molecule has 2 N–H and O–H groups in total. The maximum Gasteiger partial charge on any atom is 0.314 e. The summed E-state index contributed by atoms with van der Waals surface area (Å²) in [7, 11) is 0. The quantitative estimate of drug-likeness (QED) is 0.615. The Kier molecular flexibility index (Phi) is 5.03. The number of rotatable bonds is 3. The molecule has 0 atom stereocenters. The molecule has 8 heteroatoms. The molecule has 4 rings (SSSR count). The first kappa shape index (κ1) is 18.1. The van der Waals surface area contributed by atoms with E-state index >= 15 is 0 Å². The lowest BCUT2D eigenvalue weighted by Gasteiger charge is -2.34. The van der Waals surface area contributed by atoms with E-state index < -0.39 is 11.8 Å². The number of hydrogen-bond acceptors (Lipinski definition) is 6. The van der Waals surface area contributed by atoms with Crippen LogP contribution in [0.5, 0.6) is 17.2 Å². The molecule has 0 radical (unpaired) electrons. The van der Waals surface area contributed by atoms with E-state index in [9.17, 15) is 14.7 Å². The zero-order valence-corrected chi connectivity index (χ0v) is 15.3. The Labute approximate surface area is 162 Å². The fourth-order valence-corrected chi connectivity index (χ4v) is 3.31. The van der Waals surface area contributed by atoms with Gasteiger partial charge >= 0.3 is 11.8 Å². The van der Waals surface area contributed by atoms with Gasteiger partial charge in [-0.05, 0) is 29.8 Å². The summed E-state index contributed by atoms with van der Waals surface area (Å²) in [6.07, 6.45) is 0. The third-order valence-corrected chi connectivity index (χ3v) is 4.85. The molecule has 2 aliphatic rings. The number of ether oxygens (including phenoxy) is 2. The molecule has 146 valence electrons. The van der Waals surface area contributed by atoms with Gasteiger partial charge in [0.1, 0.15) is 5.75 Å². The van der Waals surface area contributed by atoms with Crippen LogP contribution in [-0.4, -0.2) is 59.7 Å². The zero-order valence-electron chi connectivity index (χ0n) is 15.3. The van der Waals surface area contributed by atoms with E-state index in [0.717, 1.165) is 23.6 Å². The minimum absolute atomic E-state index is 0.0720. The van der Waals surface area contributed by atoms with E-state index in [2.05, 4.69) is 10.2 Å². The molecule has 0 bridgehead atoms. The van der Waals surface area contributed by atoms with Crippen molar-refractivity contribution in [2.45, 2.75) is 6.54 Å². The number of nitrogens with one attached hydrogen (secondary N) is 1. The minimum Gasteiger partial charge on any atom is -0.506 e. The summed E-state index contributed by atoms with van der Waals surface area (Å²) in [4.78, 5) is 28.3. The molecule has 0 aliphatic carbocycles. The first-order chi connectivity index (χ1) is 13.6. The van der Waals surface area contributed by atoms with Crippen molar-refractivity contribution in [1.29, 1.82) is 0 Å². The van der Waals surface area contributed by atoms with Crippen LogP contribution in [0.4, 0.5) is 5.69 Å². The average molecular weight is 383 g/mol. The zero-order chi connectivity index (χ0) is 19.5. The SMILES string of the molecule is O=C(Nc1ccccc1O)C(=O)N1CCN(Cc2ccc3c(c2)OCO3)CC1. The number of piperazine rings is 1. The maximum atomic E-state index is 12.4. The largest absolute Gasteiger partial charge is 0.506 e. The predicted octanol–water partition coefficient (Wildman–Crippen LogP) is 1.40. The highest BCUT2D eigenvalue weighted by Crippen LogP contribution is 2.32. The van der Waals surface area contributed by atoms with Crippen molar-refractivity contribution in [2.75, 3.05) is 38.3 Å². The molecule has 2 aromatic carbocycles. The van der Waals surface area contributed by atoms with E-state index in [1.807, 2.05) is 18.2 Å². The van der Waals surface area contributed by atoms with E-state index in [-0.39, 0.29) is 18.2 Å². The van der Waals surface area contributed by atoms with Gasteiger partial charge in [0.05, 0.1) is 5.69 Å². The summed E-state index contributed by atoms with van der Waals surface area (Å²) >= 11 is 0. The van der Waals surface area contributed by atoms with Crippen molar-refractivity contribution in [3.8, 4) is 17.2 Å². The highest BCUT2D eigenvalue weighted by Gasteiger charge is 2.26. The molecule has 0 saturated carbocycles. The molecule has 28 heavy (non-hydrogen) atoms. The van der Waals surface area contributed by atoms with Crippen LogP contribution in [-0.2, 0) is 16.1 Å². The van der Waals surface area contributed by atoms with Crippen LogP contribution in [0.15, 0.2) is 42.5 Å². The second-order valence-electron chi connectivity index (χ2n) is 6.73. The summed E-state index contributed by atoms with van der Waals surface area (Å²) in [6, 6.07) is 12.2. The number of anilines is 1. The number of aromatic hydroxyl groups is 1. The number of phenols is 1. The Bertz CT molecular complexity index is 893. The second kappa shape index (κ2) is 7.77. The van der Waals surface area contributed by atoms with Gasteiger partial charge in [0.2, 0.25) is 6.79 Å². The number of carbonyl (C=O) groups is 2. The van der Waals surface area contributed by atoms with Crippen LogP contribution in [0.3, 0.4) is 0 Å². The average Bonchev–Trinajstić information content (AvgIpc) is 3.17. The van der Waals surface area contributed by atoms with E-state index in [4.69, 9.17) is 9.47 Å². The van der Waals surface area contributed by atoms with Crippen molar-refractivity contribution < 1.29 is 24.2 Å². The van der Waals surface area contributed by atoms with E-state index in [1.54, 1.807) is 18.2 Å². The van der Waals surface area contributed by atoms with Gasteiger partial charge in [-0.1, -0.05) is 18.2 Å². The summed E-state index contributed by atoms with van der Waals surface area (Å²) in [6.45, 7) is 3.27. The van der Waals surface area contributed by atoms with E-state index in [0.29, 0.717) is 26.2 Å². The van der Waals surface area contributed by atoms with Crippen LogP contribution in [0, 0.1) is 0 Å². The molecule has 1 saturated heterocycles. The molecule has 2 heterocycles. The molecule has 8 nitrogen and oxygen atoms in total. The first-order valence-corrected chi connectivity index (χ1v) is 9.09. The van der Waals surface area contributed by atoms with Gasteiger partial charge in [0, 0.05) is 32.7 Å². The smallest absolute Gasteiger partial charge is 0.314 e. The molecule has 2 aromatic rings. The van der Waals surface area contributed by atoms with Crippen molar-refractivity contribution in [3.05, 3.63) is 48.0 Å². The van der Waals surface area contributed by atoms with Crippen molar-refractivity contribution in [2.24, 2.45) is 0 Å². The Morgan fingerprint density at radius 3 is 2.54 bits per heavy atom. The number of hydrogen-bond donors (Lipinski definition) is 2. The van der Waals surface area contributed by atoms with Crippen molar-refractivity contribution in [1.82, 2.24) is 9.80 Å². The first-order valence-electron chi connectivity index (χ1n) is 9.09. The summed E-state index contributed by atoms with van der Waals surface area (Å²) in [5.41, 5.74) is 1.34. The fourth-order valence-electron chi connectivity index (χ4n) is 3.31. The number of fused-ring (bicyclic) bond motifs is 1. The normalized spacial score (nSPS) is 16.1. The molecule has 2 aliphatic heterocycles. The Morgan fingerprint density at radius 1 is 1.00 bits per heavy atom. The number of amides is 2. The number of benzene rings is 2. The third kappa shape index (κ3) is 3.86. The van der Waals surface area contributed by atoms with Gasteiger partial charge in [-0.15, -0.1) is 0 Å². The van der Waals surface area contributed by atoms with Gasteiger partial charge in [0.25, 0.3) is 0 Å². The van der Waals surface area contributed by atoms with Gasteiger partial charge < -0.3 is 24.8 Å². The number of carbonyl (C=O) groups excluding carboxylic acids is 2. The molecule has 0 unspecified atom stereocenters.